The number of aromatic nitrogens is 1. The van der Waals surface area contributed by atoms with E-state index >= 15 is 0 Å². The molecular weight excluding hydrogens is 450 g/mol. The number of nitrogens with zero attached hydrogens (tertiary/aromatic N) is 2. The van der Waals surface area contributed by atoms with Crippen LogP contribution >= 0.6 is 0 Å². The van der Waals surface area contributed by atoms with E-state index in [1.54, 1.807) is 38.1 Å². The first-order chi connectivity index (χ1) is 16.1. The molecule has 0 saturated carbocycles. The Morgan fingerprint density at radius 1 is 0.941 bits per heavy atom. The first-order valence-electron chi connectivity index (χ1n) is 11.3. The fraction of sp³-hybridized carbons (Fsp3) is 0.308. The van der Waals surface area contributed by atoms with Gasteiger partial charge in [0.1, 0.15) is 11.4 Å². The maximum Gasteiger partial charge on any atom is 0.270 e. The lowest BCUT2D eigenvalue weighted by Crippen LogP contribution is -2.33. The minimum atomic E-state index is -4.03. The second-order valence-corrected chi connectivity index (χ2v) is 10.1. The van der Waals surface area contributed by atoms with E-state index in [1.165, 1.54) is 16.7 Å². The number of pyridine rings is 1. The van der Waals surface area contributed by atoms with Crippen molar-refractivity contribution in [2.75, 3.05) is 23.3 Å². The predicted molar refractivity (Wildman–Crippen MR) is 135 cm³/mol. The number of anilines is 2. The van der Waals surface area contributed by atoms with Crippen LogP contribution in [0.15, 0.2) is 69.2 Å². The number of carbonyl (C=O) groups excluding carboxylic acids is 1. The molecule has 3 rings (SSSR count). The van der Waals surface area contributed by atoms with Gasteiger partial charge in [0.25, 0.3) is 5.56 Å². The van der Waals surface area contributed by atoms with Gasteiger partial charge in [-0.2, -0.15) is 0 Å². The zero-order valence-corrected chi connectivity index (χ0v) is 21.1. The quantitative estimate of drug-likeness (QED) is 0.524. The summed E-state index contributed by atoms with van der Waals surface area (Å²) in [7, 11) is -4.03. The number of carbonyl (C=O) groups is 1. The zero-order chi connectivity index (χ0) is 25.0. The molecule has 0 radical (unpaired) electrons. The highest BCUT2D eigenvalue weighted by Gasteiger charge is 2.26. The van der Waals surface area contributed by atoms with Crippen LogP contribution in [0.3, 0.4) is 0 Å². The van der Waals surface area contributed by atoms with Crippen LogP contribution in [0.1, 0.15) is 30.7 Å². The zero-order valence-electron chi connectivity index (χ0n) is 20.3. The van der Waals surface area contributed by atoms with Crippen molar-refractivity contribution < 1.29 is 13.2 Å². The van der Waals surface area contributed by atoms with Crippen LogP contribution in [0.4, 0.5) is 11.4 Å². The summed E-state index contributed by atoms with van der Waals surface area (Å²) < 4.78 is 27.6. The highest BCUT2D eigenvalue weighted by molar-refractivity contribution is 7.91. The summed E-state index contributed by atoms with van der Waals surface area (Å²) in [5, 5.41) is 2.85. The van der Waals surface area contributed by atoms with Gasteiger partial charge in [0.2, 0.25) is 15.7 Å². The first-order valence-corrected chi connectivity index (χ1v) is 12.7. The normalized spacial score (nSPS) is 11.3. The lowest BCUT2D eigenvalue weighted by atomic mass is 10.1. The number of hydrogen-bond acceptors (Lipinski definition) is 5. The Bertz CT molecular complexity index is 1360. The molecule has 0 saturated heterocycles. The van der Waals surface area contributed by atoms with Crippen LogP contribution in [0.5, 0.6) is 0 Å². The molecule has 0 unspecified atom stereocenters. The van der Waals surface area contributed by atoms with Crippen molar-refractivity contribution in [3.63, 3.8) is 0 Å². The number of rotatable bonds is 8. The fourth-order valence-corrected chi connectivity index (χ4v) is 5.63. The third-order valence-electron chi connectivity index (χ3n) is 5.89. The minimum Gasteiger partial charge on any atom is -0.372 e. The van der Waals surface area contributed by atoms with Gasteiger partial charge in [0.15, 0.2) is 0 Å². The largest absolute Gasteiger partial charge is 0.372 e. The first kappa shape index (κ1) is 25.2. The third-order valence-corrected chi connectivity index (χ3v) is 7.81. The Hall–Kier alpha value is -3.39. The van der Waals surface area contributed by atoms with Gasteiger partial charge in [0, 0.05) is 30.2 Å². The lowest BCUT2D eigenvalue weighted by Gasteiger charge is -2.22. The predicted octanol–water partition coefficient (Wildman–Crippen LogP) is 4.09. The summed E-state index contributed by atoms with van der Waals surface area (Å²) in [5.41, 5.74) is 2.78. The summed E-state index contributed by atoms with van der Waals surface area (Å²) >= 11 is 0. The second-order valence-electron chi connectivity index (χ2n) is 8.23. The molecule has 1 heterocycles. The van der Waals surface area contributed by atoms with Crippen molar-refractivity contribution in [2.45, 2.75) is 51.0 Å². The monoisotopic (exact) mass is 481 g/mol. The van der Waals surface area contributed by atoms with Crippen LogP contribution in [-0.4, -0.2) is 32.0 Å². The fourth-order valence-electron chi connectivity index (χ4n) is 4.06. The molecule has 34 heavy (non-hydrogen) atoms. The summed E-state index contributed by atoms with van der Waals surface area (Å²) in [6.07, 6.45) is 0. The lowest BCUT2D eigenvalue weighted by molar-refractivity contribution is -0.116. The van der Waals surface area contributed by atoms with Crippen molar-refractivity contribution >= 4 is 27.1 Å². The SMILES string of the molecule is CCN(CC)c1ccc(NC(=O)Cn2c(C)cc(C)c(S(=O)(=O)c3ccccc3)c2=O)c(C)c1. The molecule has 0 fully saturated rings. The van der Waals surface area contributed by atoms with Gasteiger partial charge < -0.3 is 14.8 Å². The van der Waals surface area contributed by atoms with E-state index in [1.807, 2.05) is 25.1 Å². The summed E-state index contributed by atoms with van der Waals surface area (Å²) in [6.45, 7) is 10.8. The number of nitrogens with one attached hydrogen (secondary N) is 1. The smallest absolute Gasteiger partial charge is 0.270 e. The molecular formula is C26H31N3O4S. The average Bonchev–Trinajstić information content (AvgIpc) is 2.79. The Labute approximate surface area is 201 Å². The summed E-state index contributed by atoms with van der Waals surface area (Å²) in [4.78, 5) is 28.1. The Morgan fingerprint density at radius 2 is 1.59 bits per heavy atom. The Morgan fingerprint density at radius 3 is 2.18 bits per heavy atom. The molecule has 1 amide bonds. The molecule has 3 aromatic rings. The summed E-state index contributed by atoms with van der Waals surface area (Å²) in [5.74, 6) is -0.407. The summed E-state index contributed by atoms with van der Waals surface area (Å²) in [6, 6.07) is 15.3. The minimum absolute atomic E-state index is 0.0407. The average molecular weight is 482 g/mol. The van der Waals surface area contributed by atoms with Crippen molar-refractivity contribution in [1.82, 2.24) is 4.57 Å². The van der Waals surface area contributed by atoms with Crippen LogP contribution in [0.25, 0.3) is 0 Å². The van der Waals surface area contributed by atoms with Crippen molar-refractivity contribution in [3.05, 3.63) is 81.8 Å². The van der Waals surface area contributed by atoms with E-state index in [0.717, 1.165) is 24.3 Å². The Balaban J connectivity index is 1.91. The second kappa shape index (κ2) is 10.3. The maximum absolute atomic E-state index is 13.3. The van der Waals surface area contributed by atoms with Crippen LogP contribution in [0, 0.1) is 20.8 Å². The maximum atomic E-state index is 13.3. The highest BCUT2D eigenvalue weighted by Crippen LogP contribution is 2.24. The molecule has 0 aliphatic heterocycles. The van der Waals surface area contributed by atoms with Gasteiger partial charge in [-0.25, -0.2) is 8.42 Å². The molecule has 0 aliphatic carbocycles. The van der Waals surface area contributed by atoms with Gasteiger partial charge in [-0.1, -0.05) is 18.2 Å². The van der Waals surface area contributed by atoms with E-state index in [9.17, 15) is 18.0 Å². The van der Waals surface area contributed by atoms with E-state index in [0.29, 0.717) is 16.9 Å². The van der Waals surface area contributed by atoms with Crippen molar-refractivity contribution in [1.29, 1.82) is 0 Å². The molecule has 0 aliphatic rings. The topological polar surface area (TPSA) is 88.5 Å². The van der Waals surface area contributed by atoms with Gasteiger partial charge in [0.05, 0.1) is 4.90 Å². The number of benzene rings is 2. The molecule has 1 aromatic heterocycles. The third kappa shape index (κ3) is 5.07. The highest BCUT2D eigenvalue weighted by atomic mass is 32.2. The van der Waals surface area contributed by atoms with E-state index in [4.69, 9.17) is 0 Å². The van der Waals surface area contributed by atoms with E-state index in [2.05, 4.69) is 24.1 Å². The van der Waals surface area contributed by atoms with E-state index in [-0.39, 0.29) is 16.3 Å². The van der Waals surface area contributed by atoms with Gasteiger partial charge in [-0.05, 0) is 82.1 Å². The standard InChI is InChI=1S/C26H31N3O4S/c1-6-28(7-2)21-13-14-23(18(3)16-21)27-24(30)17-29-20(5)15-19(4)25(26(29)31)34(32,33)22-11-9-8-10-12-22/h8-16H,6-7,17H2,1-5H3,(H,27,30). The molecule has 8 heteroatoms. The van der Waals surface area contributed by atoms with Crippen molar-refractivity contribution in [2.24, 2.45) is 0 Å². The number of sulfone groups is 1. The molecule has 180 valence electrons. The van der Waals surface area contributed by atoms with Crippen LogP contribution in [-0.2, 0) is 21.2 Å². The van der Waals surface area contributed by atoms with Gasteiger partial charge >= 0.3 is 0 Å². The van der Waals surface area contributed by atoms with Crippen molar-refractivity contribution in [3.8, 4) is 0 Å². The molecule has 0 spiro atoms. The van der Waals surface area contributed by atoms with Crippen LogP contribution < -0.4 is 15.8 Å². The molecule has 0 atom stereocenters. The van der Waals surface area contributed by atoms with Crippen LogP contribution in [0.2, 0.25) is 0 Å². The van der Waals surface area contributed by atoms with E-state index < -0.39 is 21.3 Å². The number of hydrogen-bond donors (Lipinski definition) is 1. The molecule has 0 bridgehead atoms. The Kier molecular flexibility index (Phi) is 7.61. The number of amides is 1. The van der Waals surface area contributed by atoms with Gasteiger partial charge in [-0.15, -0.1) is 0 Å². The van der Waals surface area contributed by atoms with Gasteiger partial charge in [-0.3, -0.25) is 9.59 Å². The molecule has 1 N–H and O–H groups in total. The molecule has 7 nitrogen and oxygen atoms in total. The molecule has 2 aromatic carbocycles. The number of aryl methyl sites for hydroxylation is 3.